The van der Waals surface area contributed by atoms with E-state index >= 15 is 8.78 Å². The van der Waals surface area contributed by atoms with Crippen molar-refractivity contribution in [3.8, 4) is 34.4 Å². The Hall–Kier alpha value is -4.42. The molecular formula is C32H22Cl2F6N2O4. The topological polar surface area (TPSA) is 70.5 Å². The molecule has 1 saturated carbocycles. The molecule has 6 aromatic rings. The van der Waals surface area contributed by atoms with Gasteiger partial charge >= 0.3 is 23.6 Å². The molecule has 14 heteroatoms. The predicted molar refractivity (Wildman–Crippen MR) is 161 cm³/mol. The Morgan fingerprint density at radius 1 is 0.500 bits per heavy atom. The summed E-state index contributed by atoms with van der Waals surface area (Å²) in [5, 5.41) is 0. The number of ether oxygens (including phenoxy) is 2. The van der Waals surface area contributed by atoms with Crippen LogP contribution in [0.15, 0.2) is 106 Å². The summed E-state index contributed by atoms with van der Waals surface area (Å²) >= 11 is 9.28. The molecule has 4 aromatic carbocycles. The van der Waals surface area contributed by atoms with Crippen molar-refractivity contribution >= 4 is 45.4 Å². The van der Waals surface area contributed by atoms with Crippen LogP contribution in [0.1, 0.15) is 0 Å². The van der Waals surface area contributed by atoms with Crippen LogP contribution in [0.3, 0.4) is 0 Å². The highest BCUT2D eigenvalue weighted by molar-refractivity contribution is 6.15. The summed E-state index contributed by atoms with van der Waals surface area (Å²) in [5.74, 6) is -21.9. The Balaban J connectivity index is 0.00000100. The molecule has 1 aliphatic carbocycles. The van der Waals surface area contributed by atoms with Gasteiger partial charge in [0.25, 0.3) is 0 Å². The molecule has 0 spiro atoms. The van der Waals surface area contributed by atoms with Crippen LogP contribution >= 0.6 is 23.2 Å². The maximum absolute atomic E-state index is 15.6. The summed E-state index contributed by atoms with van der Waals surface area (Å²) < 4.78 is 110. The average Bonchev–Trinajstić information content (AvgIpc) is 3.72. The van der Waals surface area contributed by atoms with Gasteiger partial charge in [-0.2, -0.15) is 26.3 Å². The monoisotopic (exact) mass is 682 g/mol. The van der Waals surface area contributed by atoms with E-state index in [0.29, 0.717) is 33.3 Å². The van der Waals surface area contributed by atoms with Crippen LogP contribution < -0.4 is 9.47 Å². The van der Waals surface area contributed by atoms with Crippen molar-refractivity contribution in [2.24, 2.45) is 0 Å². The van der Waals surface area contributed by atoms with E-state index in [1.165, 1.54) is 37.0 Å². The minimum absolute atomic E-state index is 0.155. The van der Waals surface area contributed by atoms with Crippen LogP contribution in [0, 0.1) is 0 Å². The Morgan fingerprint density at radius 3 is 1.15 bits per heavy atom. The van der Waals surface area contributed by atoms with Crippen molar-refractivity contribution in [3.63, 3.8) is 0 Å². The fourth-order valence-corrected chi connectivity index (χ4v) is 4.65. The van der Waals surface area contributed by atoms with Gasteiger partial charge in [-0.25, -0.2) is 9.97 Å². The minimum Gasteiger partial charge on any atom is -0.447 e. The maximum Gasteiger partial charge on any atom is 0.395 e. The van der Waals surface area contributed by atoms with Crippen molar-refractivity contribution in [3.05, 3.63) is 97.1 Å². The zero-order valence-electron chi connectivity index (χ0n) is 23.8. The van der Waals surface area contributed by atoms with E-state index in [0.717, 1.165) is 24.3 Å². The first-order chi connectivity index (χ1) is 22.0. The van der Waals surface area contributed by atoms with Gasteiger partial charge < -0.3 is 18.3 Å². The molecular weight excluding hydrogens is 661 g/mol. The predicted octanol–water partition coefficient (Wildman–Crippen LogP) is 10.1. The first kappa shape index (κ1) is 33.0. The molecule has 0 bridgehead atoms. The zero-order valence-corrected chi connectivity index (χ0v) is 25.3. The van der Waals surface area contributed by atoms with Crippen molar-refractivity contribution in [1.82, 2.24) is 9.97 Å². The molecule has 1 fully saturated rings. The maximum atomic E-state index is 15.6. The SMILES string of the molecule is CCl.CCl.FC1(F)C(F)(F)C(F)(Oc2ccc(-c3nc4ccccc4o3)cc2)C1(F)Oc1ccc(-c2nc3ccccc3o2)cc1. The molecule has 0 N–H and O–H groups in total. The van der Waals surface area contributed by atoms with Crippen molar-refractivity contribution in [2.45, 2.75) is 23.6 Å². The van der Waals surface area contributed by atoms with Gasteiger partial charge in [-0.05, 0) is 72.8 Å². The number of fused-ring (bicyclic) bond motifs is 2. The molecule has 46 heavy (non-hydrogen) atoms. The molecule has 1 aliphatic rings. The molecule has 2 atom stereocenters. The van der Waals surface area contributed by atoms with Gasteiger partial charge in [-0.1, -0.05) is 24.3 Å². The average molecular weight is 683 g/mol. The van der Waals surface area contributed by atoms with E-state index in [2.05, 4.69) is 42.6 Å². The molecule has 0 saturated heterocycles. The molecule has 240 valence electrons. The van der Waals surface area contributed by atoms with Gasteiger partial charge in [-0.3, -0.25) is 0 Å². The number of nitrogens with zero attached hydrogens (tertiary/aromatic N) is 2. The number of halogens is 8. The van der Waals surface area contributed by atoms with Crippen LogP contribution in [-0.2, 0) is 0 Å². The number of rotatable bonds is 6. The second-order valence-corrected chi connectivity index (χ2v) is 9.57. The number of aromatic nitrogens is 2. The largest absolute Gasteiger partial charge is 0.447 e. The first-order valence-electron chi connectivity index (χ1n) is 13.2. The van der Waals surface area contributed by atoms with E-state index in [4.69, 9.17) is 8.83 Å². The normalized spacial score (nSPS) is 20.9. The third-order valence-electron chi connectivity index (χ3n) is 6.92. The van der Waals surface area contributed by atoms with Crippen molar-refractivity contribution in [1.29, 1.82) is 0 Å². The Kier molecular flexibility index (Phi) is 8.89. The van der Waals surface area contributed by atoms with E-state index < -0.39 is 35.1 Å². The van der Waals surface area contributed by atoms with Gasteiger partial charge in [0, 0.05) is 23.9 Å². The highest BCUT2D eigenvalue weighted by Crippen LogP contribution is 2.68. The molecule has 7 rings (SSSR count). The van der Waals surface area contributed by atoms with Crippen molar-refractivity contribution < 1.29 is 44.7 Å². The summed E-state index contributed by atoms with van der Waals surface area (Å²) in [6.07, 6.45) is 2.94. The van der Waals surface area contributed by atoms with Crippen LogP contribution in [-0.4, -0.2) is 46.3 Å². The quantitative estimate of drug-likeness (QED) is 0.129. The second kappa shape index (κ2) is 12.4. The summed E-state index contributed by atoms with van der Waals surface area (Å²) in [5.41, 5.74) is 2.75. The van der Waals surface area contributed by atoms with Gasteiger partial charge in [0.1, 0.15) is 22.5 Å². The molecule has 0 amide bonds. The number of oxazole rings is 2. The highest BCUT2D eigenvalue weighted by Gasteiger charge is 3.03. The molecule has 2 heterocycles. The van der Waals surface area contributed by atoms with Gasteiger partial charge in [-0.15, -0.1) is 23.2 Å². The molecule has 2 unspecified atom stereocenters. The van der Waals surface area contributed by atoms with Crippen LogP contribution in [0.2, 0.25) is 0 Å². The second-order valence-electron chi connectivity index (χ2n) is 9.57. The van der Waals surface area contributed by atoms with E-state index in [1.54, 1.807) is 48.5 Å². The van der Waals surface area contributed by atoms with Crippen molar-refractivity contribution in [2.75, 3.05) is 12.8 Å². The van der Waals surface area contributed by atoms with E-state index in [-0.39, 0.29) is 11.8 Å². The first-order valence-corrected chi connectivity index (χ1v) is 14.7. The fraction of sp³-hybridized carbons (Fsp3) is 0.188. The van der Waals surface area contributed by atoms with Gasteiger partial charge in [0.15, 0.2) is 11.2 Å². The standard InChI is InChI=1S/C30H16F6N2O4.2CH3Cl/c31-27(32)28(33,34)30(36,42-20-15-11-18(12-16-20)26-38-22-6-2-4-8-24(22)40-26)29(27,35)41-19-13-9-17(10-14-19)25-37-21-5-1-3-7-23(21)39-25;2*1-2/h1-16H;2*1H3. The van der Waals surface area contributed by atoms with Gasteiger partial charge in [0.05, 0.1) is 0 Å². The summed E-state index contributed by atoms with van der Waals surface area (Å²) in [4.78, 5) is 8.54. The fourth-order valence-electron chi connectivity index (χ4n) is 4.65. The lowest BCUT2D eigenvalue weighted by Gasteiger charge is -2.55. The van der Waals surface area contributed by atoms with Crippen LogP contribution in [0.4, 0.5) is 26.3 Å². The lowest BCUT2D eigenvalue weighted by molar-refractivity contribution is -0.527. The van der Waals surface area contributed by atoms with E-state index in [1.807, 2.05) is 0 Å². The number of hydrogen-bond acceptors (Lipinski definition) is 6. The Morgan fingerprint density at radius 2 is 0.826 bits per heavy atom. The number of alkyl halides is 8. The number of para-hydroxylation sites is 4. The number of hydrogen-bond donors (Lipinski definition) is 0. The summed E-state index contributed by atoms with van der Waals surface area (Å²) in [6, 6.07) is 22.8. The molecule has 6 nitrogen and oxygen atoms in total. The Bertz CT molecular complexity index is 1740. The Labute approximate surface area is 267 Å². The molecule has 0 aliphatic heterocycles. The smallest absolute Gasteiger partial charge is 0.395 e. The zero-order chi connectivity index (χ0) is 33.3. The van der Waals surface area contributed by atoms with E-state index in [9.17, 15) is 17.6 Å². The summed E-state index contributed by atoms with van der Waals surface area (Å²) in [7, 11) is 0. The molecule has 0 radical (unpaired) electrons. The third-order valence-corrected chi connectivity index (χ3v) is 6.92. The lowest BCUT2D eigenvalue weighted by atomic mass is 9.76. The van der Waals surface area contributed by atoms with Gasteiger partial charge in [0.2, 0.25) is 11.8 Å². The minimum atomic E-state index is -5.58. The van der Waals surface area contributed by atoms with Crippen LogP contribution in [0.25, 0.3) is 45.1 Å². The molecule has 2 aromatic heterocycles. The highest BCUT2D eigenvalue weighted by atomic mass is 35.5. The lowest BCUT2D eigenvalue weighted by Crippen LogP contribution is -2.89. The third kappa shape index (κ3) is 5.09. The summed E-state index contributed by atoms with van der Waals surface area (Å²) in [6.45, 7) is 0. The number of benzene rings is 4. The van der Waals surface area contributed by atoms with Crippen LogP contribution in [0.5, 0.6) is 11.5 Å².